The number of nitrogens with two attached hydrogens (primary N) is 1. The van der Waals surface area contributed by atoms with Crippen molar-refractivity contribution in [3.8, 4) is 0 Å². The largest absolute Gasteiger partial charge is 0.321 e. The number of nitrogens with zero attached hydrogens (tertiary/aromatic N) is 2. The molecule has 1 unspecified atom stereocenters. The van der Waals surface area contributed by atoms with Crippen LogP contribution in [0.3, 0.4) is 0 Å². The second-order valence-corrected chi connectivity index (χ2v) is 8.25. The van der Waals surface area contributed by atoms with Gasteiger partial charge in [0.05, 0.1) is 23.1 Å². The van der Waals surface area contributed by atoms with E-state index in [0.29, 0.717) is 17.4 Å². The number of halogens is 3. The van der Waals surface area contributed by atoms with E-state index in [-0.39, 0.29) is 17.9 Å². The predicted molar refractivity (Wildman–Crippen MR) is 101 cm³/mol. The lowest BCUT2D eigenvalue weighted by atomic mass is 9.94. The summed E-state index contributed by atoms with van der Waals surface area (Å²) in [7, 11) is 0. The smallest absolute Gasteiger partial charge is 0.127 e. The summed E-state index contributed by atoms with van der Waals surface area (Å²) in [6, 6.07) is 8.82. The maximum atomic E-state index is 14.7. The molecule has 2 N–H and O–H groups in total. The minimum absolute atomic E-state index is 0.0332. The first-order chi connectivity index (χ1) is 12.0. The van der Waals surface area contributed by atoms with E-state index in [4.69, 9.17) is 22.3 Å². The van der Waals surface area contributed by atoms with Gasteiger partial charge in [0.2, 0.25) is 0 Å². The topological polar surface area (TPSA) is 43.8 Å². The molecule has 3 aromatic rings. The summed E-state index contributed by atoms with van der Waals surface area (Å²) in [5, 5.41) is 0.662. The molecule has 1 saturated carbocycles. The molecule has 2 atom stereocenters. The van der Waals surface area contributed by atoms with Crippen molar-refractivity contribution < 1.29 is 4.39 Å². The van der Waals surface area contributed by atoms with E-state index < -0.39 is 0 Å². The molecule has 0 amide bonds. The Labute approximate surface area is 158 Å². The minimum Gasteiger partial charge on any atom is -0.321 e. The van der Waals surface area contributed by atoms with Gasteiger partial charge >= 0.3 is 0 Å². The van der Waals surface area contributed by atoms with Gasteiger partial charge in [-0.25, -0.2) is 9.37 Å². The molecule has 128 valence electrons. The Balaban J connectivity index is 1.78. The second-order valence-electron chi connectivity index (χ2n) is 6.96. The fourth-order valence-corrected chi connectivity index (χ4v) is 4.86. The van der Waals surface area contributed by atoms with Crippen LogP contribution >= 0.6 is 27.5 Å². The first kappa shape index (κ1) is 15.8. The van der Waals surface area contributed by atoms with E-state index in [9.17, 15) is 4.39 Å². The van der Waals surface area contributed by atoms with Gasteiger partial charge < -0.3 is 10.3 Å². The van der Waals surface area contributed by atoms with Crippen LogP contribution in [0.25, 0.3) is 11.0 Å². The van der Waals surface area contributed by atoms with Crippen LogP contribution in [0.1, 0.15) is 54.2 Å². The quantitative estimate of drug-likeness (QED) is 0.598. The summed E-state index contributed by atoms with van der Waals surface area (Å²) in [6.07, 6.45) is 2.80. The maximum absolute atomic E-state index is 14.7. The van der Waals surface area contributed by atoms with E-state index >= 15 is 0 Å². The van der Waals surface area contributed by atoms with Crippen molar-refractivity contribution in [2.45, 2.75) is 37.3 Å². The summed E-state index contributed by atoms with van der Waals surface area (Å²) in [5.41, 5.74) is 10.1. The average molecular weight is 421 g/mol. The molecule has 6 heteroatoms. The van der Waals surface area contributed by atoms with Crippen molar-refractivity contribution in [2.24, 2.45) is 5.73 Å². The zero-order chi connectivity index (χ0) is 17.3. The fraction of sp³-hybridized carbons (Fsp3) is 0.316. The van der Waals surface area contributed by atoms with Crippen LogP contribution in [-0.4, -0.2) is 9.55 Å². The van der Waals surface area contributed by atoms with Crippen molar-refractivity contribution in [1.82, 2.24) is 9.55 Å². The summed E-state index contributed by atoms with van der Waals surface area (Å²) in [5.74, 6) is 1.04. The van der Waals surface area contributed by atoms with Gasteiger partial charge in [0, 0.05) is 9.50 Å². The minimum atomic E-state index is -0.168. The van der Waals surface area contributed by atoms with Gasteiger partial charge in [-0.2, -0.15) is 0 Å². The Kier molecular flexibility index (Phi) is 3.50. The van der Waals surface area contributed by atoms with E-state index in [1.54, 1.807) is 12.1 Å². The number of rotatable bonds is 2. The van der Waals surface area contributed by atoms with Crippen LogP contribution in [0.15, 0.2) is 34.8 Å². The van der Waals surface area contributed by atoms with Crippen LogP contribution in [0, 0.1) is 5.82 Å². The summed E-state index contributed by atoms with van der Waals surface area (Å²) in [6.45, 7) is 0. The summed E-state index contributed by atoms with van der Waals surface area (Å²) < 4.78 is 17.7. The molecule has 1 aliphatic heterocycles. The third-order valence-corrected chi connectivity index (χ3v) is 6.23. The Morgan fingerprint density at radius 2 is 2.00 bits per heavy atom. The van der Waals surface area contributed by atoms with E-state index in [0.717, 1.165) is 45.3 Å². The van der Waals surface area contributed by atoms with Gasteiger partial charge in [0.1, 0.15) is 11.6 Å². The maximum Gasteiger partial charge on any atom is 0.127 e. The van der Waals surface area contributed by atoms with Gasteiger partial charge in [0.15, 0.2) is 0 Å². The van der Waals surface area contributed by atoms with Gasteiger partial charge in [0.25, 0.3) is 0 Å². The highest BCUT2D eigenvalue weighted by Crippen LogP contribution is 2.50. The number of imidazole rings is 1. The molecular weight excluding hydrogens is 405 g/mol. The third-order valence-electron chi connectivity index (χ3n) is 5.30. The van der Waals surface area contributed by atoms with Crippen molar-refractivity contribution in [3.63, 3.8) is 0 Å². The number of benzene rings is 2. The summed E-state index contributed by atoms with van der Waals surface area (Å²) in [4.78, 5) is 4.70. The zero-order valence-electron chi connectivity index (χ0n) is 13.3. The zero-order valence-corrected chi connectivity index (χ0v) is 15.7. The van der Waals surface area contributed by atoms with Gasteiger partial charge in [-0.15, -0.1) is 0 Å². The van der Waals surface area contributed by atoms with Gasteiger partial charge in [-0.05, 0) is 66.6 Å². The number of hydrogen-bond acceptors (Lipinski definition) is 2. The van der Waals surface area contributed by atoms with Crippen molar-refractivity contribution in [1.29, 1.82) is 0 Å². The normalized spacial score (nSPS) is 22.6. The molecule has 5 rings (SSSR count). The molecule has 1 fully saturated rings. The molecule has 0 bridgehead atoms. The Bertz CT molecular complexity index is 1010. The Hall–Kier alpha value is -1.43. The molecule has 2 aliphatic rings. The molecule has 2 aromatic carbocycles. The van der Waals surface area contributed by atoms with Crippen LogP contribution in [0.4, 0.5) is 4.39 Å². The highest BCUT2D eigenvalue weighted by Gasteiger charge is 2.39. The molecule has 1 aliphatic carbocycles. The van der Waals surface area contributed by atoms with E-state index in [2.05, 4.69) is 20.5 Å². The lowest BCUT2D eigenvalue weighted by Gasteiger charge is -2.21. The molecule has 3 nitrogen and oxygen atoms in total. The number of aromatic nitrogens is 2. The first-order valence-corrected chi connectivity index (χ1v) is 9.62. The van der Waals surface area contributed by atoms with Crippen LogP contribution in [0.2, 0.25) is 5.02 Å². The van der Waals surface area contributed by atoms with Gasteiger partial charge in [-0.1, -0.05) is 27.5 Å². The van der Waals surface area contributed by atoms with Crippen molar-refractivity contribution in [2.75, 3.05) is 0 Å². The molecule has 2 heterocycles. The molecule has 0 spiro atoms. The van der Waals surface area contributed by atoms with E-state index in [1.165, 1.54) is 0 Å². The van der Waals surface area contributed by atoms with Crippen LogP contribution in [-0.2, 0) is 0 Å². The number of hydrogen-bond donors (Lipinski definition) is 1. The van der Waals surface area contributed by atoms with Gasteiger partial charge in [-0.3, -0.25) is 0 Å². The van der Waals surface area contributed by atoms with Crippen molar-refractivity contribution >= 4 is 38.6 Å². The highest BCUT2D eigenvalue weighted by atomic mass is 79.9. The number of fused-ring (bicyclic) bond motifs is 3. The SMILES string of the molecule is NC1C[C@H](c2c(Br)ccc(F)c2C2CC2)n2c1nc1ccc(Cl)cc12. The monoisotopic (exact) mass is 419 g/mol. The average Bonchev–Trinajstić information content (AvgIpc) is 3.27. The molecule has 1 aromatic heterocycles. The lowest BCUT2D eigenvalue weighted by molar-refractivity contribution is 0.566. The van der Waals surface area contributed by atoms with Crippen molar-refractivity contribution in [3.05, 3.63) is 62.6 Å². The molecule has 0 radical (unpaired) electrons. The predicted octanol–water partition coefficient (Wildman–Crippen LogP) is 5.46. The fourth-order valence-electron chi connectivity index (χ4n) is 4.08. The standard InChI is InChI=1S/C19H16BrClFN3/c20-11-4-5-12(22)17(9-1-2-9)18(11)16-8-13(23)19-24-14-6-3-10(21)7-15(14)25(16)19/h3-7,9,13,16H,1-2,8,23H2/t13?,16-/m1/s1. The Morgan fingerprint density at radius 3 is 2.76 bits per heavy atom. The van der Waals surface area contributed by atoms with E-state index in [1.807, 2.05) is 18.2 Å². The second kappa shape index (κ2) is 5.53. The molecule has 0 saturated heterocycles. The van der Waals surface area contributed by atoms with Crippen LogP contribution in [0.5, 0.6) is 0 Å². The third kappa shape index (κ3) is 2.36. The Morgan fingerprint density at radius 1 is 1.20 bits per heavy atom. The summed E-state index contributed by atoms with van der Waals surface area (Å²) >= 11 is 9.87. The van der Waals surface area contributed by atoms with Crippen LogP contribution < -0.4 is 5.73 Å². The highest BCUT2D eigenvalue weighted by molar-refractivity contribution is 9.10. The molecular formula is C19H16BrClFN3. The first-order valence-electron chi connectivity index (χ1n) is 8.45. The lowest BCUT2D eigenvalue weighted by Crippen LogP contribution is -2.11. The molecule has 25 heavy (non-hydrogen) atoms.